The summed E-state index contributed by atoms with van der Waals surface area (Å²) in [5.41, 5.74) is 0.441. The molecule has 2 aliphatic rings. The average Bonchev–Trinajstić information content (AvgIpc) is 3.17. The highest BCUT2D eigenvalue weighted by atomic mass is 19.4. The summed E-state index contributed by atoms with van der Waals surface area (Å²) < 4.78 is 53.0. The molecule has 2 fully saturated rings. The molecule has 2 aromatic heterocycles. The molecular weight excluding hydrogens is 461 g/mol. The number of alkyl carbamates (subject to hydrolysis) is 1. The second-order valence-electron chi connectivity index (χ2n) is 8.50. The third kappa shape index (κ3) is 6.05. The number of rotatable bonds is 8. The number of ether oxygens (including phenoxy) is 3. The van der Waals surface area contributed by atoms with Crippen molar-refractivity contribution in [1.82, 2.24) is 25.3 Å². The van der Waals surface area contributed by atoms with Gasteiger partial charge in [0.1, 0.15) is 24.5 Å². The molecule has 14 heteroatoms. The number of anilines is 1. The van der Waals surface area contributed by atoms with Crippen molar-refractivity contribution in [3.63, 3.8) is 0 Å². The molecule has 1 aliphatic carbocycles. The second kappa shape index (κ2) is 9.25. The van der Waals surface area contributed by atoms with E-state index in [9.17, 15) is 22.8 Å². The minimum Gasteiger partial charge on any atom is -0.444 e. The molecular formula is C20H25F3N6O5. The van der Waals surface area contributed by atoms with E-state index in [2.05, 4.69) is 30.7 Å². The van der Waals surface area contributed by atoms with Gasteiger partial charge in [0, 0.05) is 24.6 Å². The Morgan fingerprint density at radius 3 is 2.79 bits per heavy atom. The van der Waals surface area contributed by atoms with Gasteiger partial charge in [-0.2, -0.15) is 10.2 Å². The van der Waals surface area contributed by atoms with Crippen molar-refractivity contribution in [3.05, 3.63) is 29.2 Å². The first-order valence-corrected chi connectivity index (χ1v) is 10.8. The van der Waals surface area contributed by atoms with E-state index in [0.717, 1.165) is 12.8 Å². The van der Waals surface area contributed by atoms with Gasteiger partial charge in [0.25, 0.3) is 5.91 Å². The summed E-state index contributed by atoms with van der Waals surface area (Å²) in [5, 5.41) is 16.2. The molecule has 1 saturated heterocycles. The van der Waals surface area contributed by atoms with Gasteiger partial charge in [0.2, 0.25) is 0 Å². The molecule has 3 heterocycles. The van der Waals surface area contributed by atoms with Crippen LogP contribution >= 0.6 is 0 Å². The minimum absolute atomic E-state index is 0.0304. The summed E-state index contributed by atoms with van der Waals surface area (Å²) in [6.45, 7) is 3.35. The maximum Gasteiger partial charge on any atom is 0.522 e. The Balaban J connectivity index is 1.32. The van der Waals surface area contributed by atoms with Crippen LogP contribution in [0.1, 0.15) is 61.1 Å². The van der Waals surface area contributed by atoms with Crippen LogP contribution < -0.4 is 10.6 Å². The van der Waals surface area contributed by atoms with Crippen LogP contribution in [-0.2, 0) is 27.4 Å². The Morgan fingerprint density at radius 1 is 1.35 bits per heavy atom. The lowest BCUT2D eigenvalue weighted by Gasteiger charge is -2.15. The fraction of sp³-hybridized carbons (Fsp3) is 0.600. The molecule has 3 N–H and O–H groups in total. The first-order chi connectivity index (χ1) is 16.0. The standard InChI is InChI=1S/C20H25F3N6O5/c1-3-29-14(6-11(28-29)9-33-20(21,22)23)17(30)24-16-8-13(26-27-16)15-7-12(10-32-15)34-18(31)25-19(2)4-5-19/h6,8,12,15H,3-5,7,9-10H2,1-2H3,(H,25,31)(H2,24,26,27,30)/t12-,15-/m1/s1. The summed E-state index contributed by atoms with van der Waals surface area (Å²) in [6.07, 6.45) is -3.81. The quantitative estimate of drug-likeness (QED) is 0.523. The van der Waals surface area contributed by atoms with E-state index in [1.807, 2.05) is 6.92 Å². The van der Waals surface area contributed by atoms with E-state index < -0.39 is 37.2 Å². The van der Waals surface area contributed by atoms with Crippen molar-refractivity contribution < 1.29 is 37.0 Å². The normalized spacial score (nSPS) is 21.3. The second-order valence-corrected chi connectivity index (χ2v) is 8.50. The van der Waals surface area contributed by atoms with Crippen molar-refractivity contribution in [3.8, 4) is 0 Å². The van der Waals surface area contributed by atoms with E-state index in [1.165, 1.54) is 10.7 Å². The van der Waals surface area contributed by atoms with Crippen molar-refractivity contribution in [2.45, 2.75) is 70.4 Å². The number of aryl methyl sites for hydroxylation is 1. The summed E-state index contributed by atoms with van der Waals surface area (Å²) in [4.78, 5) is 24.6. The van der Waals surface area contributed by atoms with Gasteiger partial charge >= 0.3 is 12.5 Å². The molecule has 2 aromatic rings. The van der Waals surface area contributed by atoms with Gasteiger partial charge in [-0.1, -0.05) is 0 Å². The van der Waals surface area contributed by atoms with Crippen LogP contribution in [0.15, 0.2) is 12.1 Å². The third-order valence-corrected chi connectivity index (χ3v) is 5.57. The maximum absolute atomic E-state index is 12.6. The number of hydrogen-bond acceptors (Lipinski definition) is 7. The average molecular weight is 486 g/mol. The highest BCUT2D eigenvalue weighted by Crippen LogP contribution is 2.35. The Hall–Kier alpha value is -3.13. The third-order valence-electron chi connectivity index (χ3n) is 5.57. The molecule has 1 aliphatic heterocycles. The predicted molar refractivity (Wildman–Crippen MR) is 110 cm³/mol. The Morgan fingerprint density at radius 2 is 2.12 bits per heavy atom. The van der Waals surface area contributed by atoms with Gasteiger partial charge in [-0.05, 0) is 32.8 Å². The SMILES string of the molecule is CCn1nc(COC(F)(F)F)cc1C(=O)Nc1cc([C@H]2C[C@@H](OC(=O)NC3(C)CC3)CO2)[nH]n1. The number of hydrogen-bond donors (Lipinski definition) is 3. The Kier molecular flexibility index (Phi) is 6.53. The number of aromatic amines is 1. The molecule has 0 unspecified atom stereocenters. The van der Waals surface area contributed by atoms with E-state index >= 15 is 0 Å². The van der Waals surface area contributed by atoms with Crippen LogP contribution in [0.4, 0.5) is 23.8 Å². The molecule has 0 radical (unpaired) electrons. The number of halogens is 3. The van der Waals surface area contributed by atoms with Gasteiger partial charge in [0.05, 0.1) is 18.0 Å². The fourth-order valence-corrected chi connectivity index (χ4v) is 3.50. The minimum atomic E-state index is -4.80. The number of carbonyl (C=O) groups excluding carboxylic acids is 2. The van der Waals surface area contributed by atoms with Gasteiger partial charge in [-0.3, -0.25) is 19.3 Å². The molecule has 1 saturated carbocycles. The van der Waals surface area contributed by atoms with Crippen LogP contribution in [0.25, 0.3) is 0 Å². The van der Waals surface area contributed by atoms with Crippen LogP contribution in [0.3, 0.4) is 0 Å². The van der Waals surface area contributed by atoms with Gasteiger partial charge < -0.3 is 20.1 Å². The van der Waals surface area contributed by atoms with Crippen LogP contribution in [0.5, 0.6) is 0 Å². The summed E-state index contributed by atoms with van der Waals surface area (Å²) in [6, 6.07) is 2.81. The molecule has 2 atom stereocenters. The first kappa shape index (κ1) is 24.0. The molecule has 0 spiro atoms. The topological polar surface area (TPSA) is 132 Å². The van der Waals surface area contributed by atoms with Crippen LogP contribution in [0.2, 0.25) is 0 Å². The lowest BCUT2D eigenvalue weighted by molar-refractivity contribution is -0.330. The maximum atomic E-state index is 12.6. The number of aromatic nitrogens is 4. The zero-order valence-corrected chi connectivity index (χ0v) is 18.6. The highest BCUT2D eigenvalue weighted by Gasteiger charge is 2.40. The van der Waals surface area contributed by atoms with Crippen molar-refractivity contribution in [1.29, 1.82) is 0 Å². The van der Waals surface area contributed by atoms with Crippen LogP contribution in [-0.4, -0.2) is 56.6 Å². The van der Waals surface area contributed by atoms with E-state index in [1.54, 1.807) is 13.0 Å². The number of carbonyl (C=O) groups is 2. The molecule has 0 bridgehead atoms. The van der Waals surface area contributed by atoms with Crippen molar-refractivity contribution in [2.75, 3.05) is 11.9 Å². The smallest absolute Gasteiger partial charge is 0.444 e. The lowest BCUT2D eigenvalue weighted by Crippen LogP contribution is -2.37. The van der Waals surface area contributed by atoms with Gasteiger partial charge in [0.15, 0.2) is 5.82 Å². The number of H-pyrrole nitrogens is 1. The molecule has 0 aromatic carbocycles. The predicted octanol–water partition coefficient (Wildman–Crippen LogP) is 3.02. The van der Waals surface area contributed by atoms with Crippen LogP contribution in [0, 0.1) is 0 Å². The van der Waals surface area contributed by atoms with Crippen molar-refractivity contribution >= 4 is 17.8 Å². The van der Waals surface area contributed by atoms with E-state index in [-0.39, 0.29) is 35.9 Å². The summed E-state index contributed by atoms with van der Waals surface area (Å²) in [5.74, 6) is -0.395. The largest absolute Gasteiger partial charge is 0.522 e. The lowest BCUT2D eigenvalue weighted by atomic mass is 10.1. The summed E-state index contributed by atoms with van der Waals surface area (Å²) >= 11 is 0. The fourth-order valence-electron chi connectivity index (χ4n) is 3.50. The summed E-state index contributed by atoms with van der Waals surface area (Å²) in [7, 11) is 0. The van der Waals surface area contributed by atoms with Crippen molar-refractivity contribution in [2.24, 2.45) is 0 Å². The van der Waals surface area contributed by atoms with Gasteiger partial charge in [-0.25, -0.2) is 4.79 Å². The number of nitrogens with one attached hydrogen (secondary N) is 3. The van der Waals surface area contributed by atoms with Gasteiger partial charge in [-0.15, -0.1) is 13.2 Å². The molecule has 186 valence electrons. The Labute approximate surface area is 192 Å². The zero-order valence-electron chi connectivity index (χ0n) is 18.6. The highest BCUT2D eigenvalue weighted by molar-refractivity contribution is 6.02. The number of amides is 2. The molecule has 4 rings (SSSR count). The van der Waals surface area contributed by atoms with E-state index in [0.29, 0.717) is 12.1 Å². The molecule has 11 nitrogen and oxygen atoms in total. The number of alkyl halides is 3. The monoisotopic (exact) mass is 486 g/mol. The molecule has 34 heavy (non-hydrogen) atoms. The first-order valence-electron chi connectivity index (χ1n) is 10.8. The molecule has 2 amide bonds. The Bertz CT molecular complexity index is 1050. The van der Waals surface area contributed by atoms with E-state index in [4.69, 9.17) is 9.47 Å². The zero-order chi connectivity index (χ0) is 24.5. The number of nitrogens with zero attached hydrogens (tertiary/aromatic N) is 3.